The Balaban J connectivity index is 1.76. The van der Waals surface area contributed by atoms with Crippen molar-refractivity contribution in [2.45, 2.75) is 25.7 Å². The highest BCUT2D eigenvalue weighted by molar-refractivity contribution is 5.96. The number of carbonyl (C=O) groups is 2. The van der Waals surface area contributed by atoms with Gasteiger partial charge in [-0.05, 0) is 38.0 Å². The van der Waals surface area contributed by atoms with Gasteiger partial charge in [0.05, 0.1) is 6.61 Å². The number of nitrogens with zero attached hydrogens (tertiary/aromatic N) is 3. The van der Waals surface area contributed by atoms with E-state index in [2.05, 4.69) is 15.2 Å². The zero-order valence-corrected chi connectivity index (χ0v) is 14.1. The van der Waals surface area contributed by atoms with E-state index in [0.29, 0.717) is 31.1 Å². The summed E-state index contributed by atoms with van der Waals surface area (Å²) in [4.78, 5) is 30.0. The number of hydrogen-bond donors (Lipinski definition) is 2. The molecule has 1 saturated heterocycles. The number of amides is 2. The van der Waals surface area contributed by atoms with Gasteiger partial charge < -0.3 is 15.4 Å². The van der Waals surface area contributed by atoms with Gasteiger partial charge in [-0.2, -0.15) is 5.10 Å². The SMILES string of the molecule is CCOc1ncccc1C(=O)N1CCC[C@H](c2cc(C(N)=O)n[nH]2)C1. The maximum atomic E-state index is 12.9. The van der Waals surface area contributed by atoms with Crippen molar-refractivity contribution in [3.63, 3.8) is 0 Å². The van der Waals surface area contributed by atoms with Gasteiger partial charge in [-0.15, -0.1) is 0 Å². The van der Waals surface area contributed by atoms with E-state index in [9.17, 15) is 9.59 Å². The van der Waals surface area contributed by atoms with Crippen LogP contribution >= 0.6 is 0 Å². The summed E-state index contributed by atoms with van der Waals surface area (Å²) >= 11 is 0. The van der Waals surface area contributed by atoms with Crippen molar-refractivity contribution < 1.29 is 14.3 Å². The zero-order chi connectivity index (χ0) is 17.8. The Morgan fingerprint density at radius 3 is 3.04 bits per heavy atom. The third-order valence-corrected chi connectivity index (χ3v) is 4.28. The fourth-order valence-corrected chi connectivity index (χ4v) is 3.06. The Kier molecular flexibility index (Phi) is 4.97. The number of ether oxygens (including phenoxy) is 1. The third-order valence-electron chi connectivity index (χ3n) is 4.28. The van der Waals surface area contributed by atoms with Crippen LogP contribution in [0.4, 0.5) is 0 Å². The van der Waals surface area contributed by atoms with Crippen LogP contribution in [0.3, 0.4) is 0 Å². The summed E-state index contributed by atoms with van der Waals surface area (Å²) in [7, 11) is 0. The van der Waals surface area contributed by atoms with E-state index in [1.54, 1.807) is 29.3 Å². The van der Waals surface area contributed by atoms with Gasteiger partial charge in [0.15, 0.2) is 0 Å². The number of piperidine rings is 1. The first-order valence-corrected chi connectivity index (χ1v) is 8.32. The van der Waals surface area contributed by atoms with Gasteiger partial charge in [0.1, 0.15) is 11.3 Å². The summed E-state index contributed by atoms with van der Waals surface area (Å²) in [5.74, 6) is -0.223. The number of nitrogens with one attached hydrogen (secondary N) is 1. The van der Waals surface area contributed by atoms with Crippen LogP contribution in [-0.2, 0) is 0 Å². The monoisotopic (exact) mass is 343 g/mol. The highest BCUT2D eigenvalue weighted by Gasteiger charge is 2.28. The van der Waals surface area contributed by atoms with Gasteiger partial charge in [-0.1, -0.05) is 0 Å². The van der Waals surface area contributed by atoms with Gasteiger partial charge >= 0.3 is 0 Å². The molecule has 3 N–H and O–H groups in total. The Labute approximate surface area is 145 Å². The molecule has 1 atom stereocenters. The minimum atomic E-state index is -0.567. The summed E-state index contributed by atoms with van der Waals surface area (Å²) in [6.45, 7) is 3.52. The lowest BCUT2D eigenvalue weighted by atomic mass is 9.94. The quantitative estimate of drug-likeness (QED) is 0.850. The summed E-state index contributed by atoms with van der Waals surface area (Å²) in [6, 6.07) is 5.12. The number of rotatable bonds is 5. The minimum absolute atomic E-state index is 0.0884. The van der Waals surface area contributed by atoms with Crippen molar-refractivity contribution in [2.75, 3.05) is 19.7 Å². The van der Waals surface area contributed by atoms with Crippen LogP contribution in [0.25, 0.3) is 0 Å². The van der Waals surface area contributed by atoms with Crippen LogP contribution in [0.5, 0.6) is 5.88 Å². The number of carbonyl (C=O) groups excluding carboxylic acids is 2. The molecule has 0 saturated carbocycles. The van der Waals surface area contributed by atoms with E-state index in [1.165, 1.54) is 0 Å². The number of hydrogen-bond acceptors (Lipinski definition) is 5. The maximum absolute atomic E-state index is 12.9. The van der Waals surface area contributed by atoms with Crippen molar-refractivity contribution in [3.05, 3.63) is 41.3 Å². The van der Waals surface area contributed by atoms with E-state index in [1.807, 2.05) is 6.92 Å². The predicted molar refractivity (Wildman–Crippen MR) is 90.4 cm³/mol. The maximum Gasteiger partial charge on any atom is 0.269 e. The molecule has 0 radical (unpaired) electrons. The van der Waals surface area contributed by atoms with Crippen molar-refractivity contribution >= 4 is 11.8 Å². The molecule has 132 valence electrons. The van der Waals surface area contributed by atoms with Crippen molar-refractivity contribution in [1.82, 2.24) is 20.1 Å². The van der Waals surface area contributed by atoms with E-state index in [4.69, 9.17) is 10.5 Å². The molecule has 0 aromatic carbocycles. The molecule has 2 aromatic heterocycles. The molecule has 0 spiro atoms. The normalized spacial score (nSPS) is 17.3. The first-order chi connectivity index (χ1) is 12.1. The molecule has 0 unspecified atom stereocenters. The first kappa shape index (κ1) is 16.9. The average molecular weight is 343 g/mol. The number of H-pyrrole nitrogens is 1. The van der Waals surface area contributed by atoms with Crippen molar-refractivity contribution in [3.8, 4) is 5.88 Å². The van der Waals surface area contributed by atoms with Crippen molar-refractivity contribution in [2.24, 2.45) is 5.73 Å². The minimum Gasteiger partial charge on any atom is -0.477 e. The second kappa shape index (κ2) is 7.33. The number of likely N-dealkylation sites (tertiary alicyclic amines) is 1. The number of pyridine rings is 1. The van der Waals surface area contributed by atoms with E-state index in [-0.39, 0.29) is 17.5 Å². The molecule has 0 bridgehead atoms. The molecule has 2 aromatic rings. The molecule has 2 amide bonds. The predicted octanol–water partition coefficient (Wildman–Crippen LogP) is 1.32. The fourth-order valence-electron chi connectivity index (χ4n) is 3.06. The molecular weight excluding hydrogens is 322 g/mol. The van der Waals surface area contributed by atoms with Crippen LogP contribution in [0.15, 0.2) is 24.4 Å². The largest absolute Gasteiger partial charge is 0.477 e. The lowest BCUT2D eigenvalue weighted by molar-refractivity contribution is 0.0700. The van der Waals surface area contributed by atoms with Crippen molar-refractivity contribution in [1.29, 1.82) is 0 Å². The molecule has 8 nitrogen and oxygen atoms in total. The van der Waals surface area contributed by atoms with Crippen LogP contribution in [-0.4, -0.2) is 51.6 Å². The number of aromatic amines is 1. The molecule has 3 rings (SSSR count). The second-order valence-electron chi connectivity index (χ2n) is 5.95. The van der Waals surface area contributed by atoms with E-state index >= 15 is 0 Å². The van der Waals surface area contributed by atoms with Crippen LogP contribution in [0.2, 0.25) is 0 Å². The summed E-state index contributed by atoms with van der Waals surface area (Å²) in [5.41, 5.74) is 6.75. The Hall–Kier alpha value is -2.90. The fraction of sp³-hybridized carbons (Fsp3) is 0.412. The lowest BCUT2D eigenvalue weighted by Gasteiger charge is -2.32. The summed E-state index contributed by atoms with van der Waals surface area (Å²) in [6.07, 6.45) is 3.39. The second-order valence-corrected chi connectivity index (χ2v) is 5.95. The Morgan fingerprint density at radius 2 is 2.32 bits per heavy atom. The van der Waals surface area contributed by atoms with Gasteiger partial charge in [-0.3, -0.25) is 14.7 Å². The molecule has 3 heterocycles. The molecular formula is C17H21N5O3. The molecule has 1 fully saturated rings. The van der Waals surface area contributed by atoms with Gasteiger partial charge in [0, 0.05) is 30.9 Å². The average Bonchev–Trinajstić information content (AvgIpc) is 3.13. The Bertz CT molecular complexity index is 773. The first-order valence-electron chi connectivity index (χ1n) is 8.32. The van der Waals surface area contributed by atoms with Crippen LogP contribution < -0.4 is 10.5 Å². The highest BCUT2D eigenvalue weighted by Crippen LogP contribution is 2.28. The molecule has 1 aliphatic rings. The van der Waals surface area contributed by atoms with Gasteiger partial charge in [-0.25, -0.2) is 4.98 Å². The molecule has 0 aliphatic carbocycles. The molecule has 1 aliphatic heterocycles. The summed E-state index contributed by atoms with van der Waals surface area (Å²) < 4.78 is 5.46. The molecule has 25 heavy (non-hydrogen) atoms. The van der Waals surface area contributed by atoms with Crippen LogP contribution in [0.1, 0.15) is 52.2 Å². The smallest absolute Gasteiger partial charge is 0.269 e. The topological polar surface area (TPSA) is 114 Å². The van der Waals surface area contributed by atoms with Crippen LogP contribution in [0, 0.1) is 0 Å². The van der Waals surface area contributed by atoms with E-state index < -0.39 is 5.91 Å². The summed E-state index contributed by atoms with van der Waals surface area (Å²) in [5, 5.41) is 6.79. The van der Waals surface area contributed by atoms with Gasteiger partial charge in [0.25, 0.3) is 11.8 Å². The number of primary amides is 1. The third kappa shape index (κ3) is 3.62. The Morgan fingerprint density at radius 1 is 1.48 bits per heavy atom. The standard InChI is InChI=1S/C17H21N5O3/c1-2-25-16-12(6-3-7-19-16)17(24)22-8-4-5-11(10-22)13-9-14(15(18)23)21-20-13/h3,6-7,9,11H,2,4-5,8,10H2,1H3,(H2,18,23)(H,20,21)/t11-/m0/s1. The number of aromatic nitrogens is 3. The zero-order valence-electron chi connectivity index (χ0n) is 14.1. The van der Waals surface area contributed by atoms with E-state index in [0.717, 1.165) is 18.5 Å². The lowest BCUT2D eigenvalue weighted by Crippen LogP contribution is -2.39. The van der Waals surface area contributed by atoms with Gasteiger partial charge in [0.2, 0.25) is 5.88 Å². The highest BCUT2D eigenvalue weighted by atomic mass is 16.5. The molecule has 8 heteroatoms. The number of nitrogens with two attached hydrogens (primary N) is 1.